The Labute approximate surface area is 233 Å². The first kappa shape index (κ1) is 26.1. The molecule has 2 N–H and O–H groups in total. The van der Waals surface area contributed by atoms with Gasteiger partial charge in [-0.1, -0.05) is 68.4 Å². The van der Waals surface area contributed by atoms with E-state index in [1.807, 2.05) is 66.7 Å². The van der Waals surface area contributed by atoms with Crippen LogP contribution >= 0.6 is 12.2 Å². The Bertz CT molecular complexity index is 1590. The minimum absolute atomic E-state index is 0.250. The minimum Gasteiger partial charge on any atom is -0.489 e. The number of aromatic nitrogens is 1. The molecule has 39 heavy (non-hydrogen) atoms. The van der Waals surface area contributed by atoms with Crippen molar-refractivity contribution in [2.75, 3.05) is 0 Å². The number of amides is 1. The summed E-state index contributed by atoms with van der Waals surface area (Å²) >= 11 is 5.35. The van der Waals surface area contributed by atoms with Gasteiger partial charge in [0, 0.05) is 17.7 Å². The third-order valence-corrected chi connectivity index (χ3v) is 6.55. The molecular formula is C32H29N3O3S. The normalized spacial score (nSPS) is 10.9. The molecule has 0 saturated heterocycles. The van der Waals surface area contributed by atoms with Crippen molar-refractivity contribution in [3.05, 3.63) is 119 Å². The van der Waals surface area contributed by atoms with Crippen LogP contribution in [0.5, 0.6) is 5.75 Å². The van der Waals surface area contributed by atoms with Crippen molar-refractivity contribution < 1.29 is 13.9 Å². The summed E-state index contributed by atoms with van der Waals surface area (Å²) in [7, 11) is 0. The van der Waals surface area contributed by atoms with Crippen molar-refractivity contribution in [1.82, 2.24) is 15.6 Å². The summed E-state index contributed by atoms with van der Waals surface area (Å²) in [5.41, 5.74) is 6.28. The van der Waals surface area contributed by atoms with Crippen LogP contribution in [0.2, 0.25) is 0 Å². The van der Waals surface area contributed by atoms with Crippen molar-refractivity contribution in [3.8, 4) is 17.2 Å². The van der Waals surface area contributed by atoms with Gasteiger partial charge in [0.25, 0.3) is 5.91 Å². The zero-order valence-electron chi connectivity index (χ0n) is 21.8. The van der Waals surface area contributed by atoms with Gasteiger partial charge in [0.2, 0.25) is 5.89 Å². The topological polar surface area (TPSA) is 76.4 Å². The molecule has 4 aromatic carbocycles. The molecule has 0 fully saturated rings. The molecule has 0 atom stereocenters. The highest BCUT2D eigenvalue weighted by Crippen LogP contribution is 2.27. The summed E-state index contributed by atoms with van der Waals surface area (Å²) < 4.78 is 11.8. The van der Waals surface area contributed by atoms with Gasteiger partial charge in [0.1, 0.15) is 17.9 Å². The molecule has 1 amide bonds. The van der Waals surface area contributed by atoms with E-state index >= 15 is 0 Å². The van der Waals surface area contributed by atoms with Gasteiger partial charge in [-0.3, -0.25) is 10.1 Å². The number of oxazole rings is 1. The Kier molecular flexibility index (Phi) is 7.99. The SMILES string of the molecule is CC(C)c1ccc2oc(-c3ccc(CNC(=S)NC(=O)c4cccc(OCc5ccccc5)c4)cc3)nc2c1. The number of carbonyl (C=O) groups is 1. The minimum atomic E-state index is -0.301. The molecule has 0 aliphatic heterocycles. The molecule has 5 aromatic rings. The summed E-state index contributed by atoms with van der Waals surface area (Å²) in [6, 6.07) is 30.9. The van der Waals surface area contributed by atoms with Crippen LogP contribution in [-0.2, 0) is 13.2 Å². The van der Waals surface area contributed by atoms with Crippen LogP contribution in [0.15, 0.2) is 101 Å². The second-order valence-electron chi connectivity index (χ2n) is 9.54. The number of benzene rings is 4. The molecular weight excluding hydrogens is 506 g/mol. The van der Waals surface area contributed by atoms with E-state index in [0.29, 0.717) is 36.3 Å². The number of ether oxygens (including phenoxy) is 1. The molecule has 0 radical (unpaired) electrons. The number of nitrogens with one attached hydrogen (secondary N) is 2. The maximum atomic E-state index is 12.7. The molecule has 0 saturated carbocycles. The van der Waals surface area contributed by atoms with Crippen molar-refractivity contribution in [2.45, 2.75) is 32.9 Å². The van der Waals surface area contributed by atoms with E-state index < -0.39 is 0 Å². The van der Waals surface area contributed by atoms with Gasteiger partial charge in [-0.05, 0) is 77.3 Å². The lowest BCUT2D eigenvalue weighted by Crippen LogP contribution is -2.38. The Morgan fingerprint density at radius 1 is 0.923 bits per heavy atom. The van der Waals surface area contributed by atoms with Crippen LogP contribution in [0.4, 0.5) is 0 Å². The van der Waals surface area contributed by atoms with Crippen molar-refractivity contribution in [2.24, 2.45) is 0 Å². The van der Waals surface area contributed by atoms with Gasteiger partial charge < -0.3 is 14.5 Å². The lowest BCUT2D eigenvalue weighted by atomic mass is 10.0. The molecule has 0 bridgehead atoms. The smallest absolute Gasteiger partial charge is 0.257 e. The van der Waals surface area contributed by atoms with E-state index in [0.717, 1.165) is 27.8 Å². The molecule has 0 aliphatic carbocycles. The number of carbonyl (C=O) groups excluding carboxylic acids is 1. The third kappa shape index (κ3) is 6.69. The van der Waals surface area contributed by atoms with Crippen LogP contribution in [0, 0.1) is 0 Å². The molecule has 7 heteroatoms. The highest BCUT2D eigenvalue weighted by atomic mass is 32.1. The molecule has 6 nitrogen and oxygen atoms in total. The van der Waals surface area contributed by atoms with E-state index in [9.17, 15) is 4.79 Å². The zero-order chi connectivity index (χ0) is 27.2. The third-order valence-electron chi connectivity index (χ3n) is 6.30. The Balaban J connectivity index is 1.14. The van der Waals surface area contributed by atoms with Gasteiger partial charge in [0.05, 0.1) is 0 Å². The molecule has 196 valence electrons. The molecule has 0 spiro atoms. The van der Waals surface area contributed by atoms with E-state index in [1.54, 1.807) is 18.2 Å². The average Bonchev–Trinajstić information content (AvgIpc) is 3.39. The van der Waals surface area contributed by atoms with Crippen molar-refractivity contribution >= 4 is 34.3 Å². The van der Waals surface area contributed by atoms with Gasteiger partial charge in [-0.15, -0.1) is 0 Å². The van der Waals surface area contributed by atoms with Crippen LogP contribution in [-0.4, -0.2) is 16.0 Å². The standard InChI is InChI=1S/C32H29N3O3S/c1-21(2)25-15-16-29-28(18-25)34-31(38-29)24-13-11-22(12-14-24)19-33-32(39)35-30(36)26-9-6-10-27(17-26)37-20-23-7-4-3-5-8-23/h3-18,21H,19-20H2,1-2H3,(H2,33,35,36,39). The van der Waals surface area contributed by atoms with E-state index in [2.05, 4.69) is 41.6 Å². The zero-order valence-corrected chi connectivity index (χ0v) is 22.6. The number of hydrogen-bond donors (Lipinski definition) is 2. The number of rotatable bonds is 8. The van der Waals surface area contributed by atoms with Gasteiger partial charge in [0.15, 0.2) is 10.7 Å². The Morgan fingerprint density at radius 3 is 2.49 bits per heavy atom. The second kappa shape index (κ2) is 11.9. The first-order valence-corrected chi connectivity index (χ1v) is 13.2. The van der Waals surface area contributed by atoms with Crippen LogP contribution in [0.25, 0.3) is 22.6 Å². The average molecular weight is 536 g/mol. The van der Waals surface area contributed by atoms with Gasteiger partial charge in [-0.25, -0.2) is 4.98 Å². The second-order valence-corrected chi connectivity index (χ2v) is 9.94. The largest absolute Gasteiger partial charge is 0.489 e. The highest BCUT2D eigenvalue weighted by Gasteiger charge is 2.11. The molecule has 0 aliphatic rings. The maximum absolute atomic E-state index is 12.7. The maximum Gasteiger partial charge on any atom is 0.257 e. The molecule has 1 aromatic heterocycles. The Morgan fingerprint density at radius 2 is 1.72 bits per heavy atom. The van der Waals surface area contributed by atoms with Gasteiger partial charge >= 0.3 is 0 Å². The summed E-state index contributed by atoms with van der Waals surface area (Å²) in [5, 5.41) is 6.07. The fourth-order valence-corrected chi connectivity index (χ4v) is 4.23. The first-order valence-electron chi connectivity index (χ1n) is 12.8. The fourth-order valence-electron chi connectivity index (χ4n) is 4.06. The van der Waals surface area contributed by atoms with Crippen LogP contribution in [0.3, 0.4) is 0 Å². The summed E-state index contributed by atoms with van der Waals surface area (Å²) in [6.45, 7) is 5.21. The lowest BCUT2D eigenvalue weighted by molar-refractivity contribution is 0.0976. The lowest BCUT2D eigenvalue weighted by Gasteiger charge is -2.11. The summed E-state index contributed by atoms with van der Waals surface area (Å²) in [4.78, 5) is 17.4. The van der Waals surface area contributed by atoms with E-state index in [-0.39, 0.29) is 11.0 Å². The van der Waals surface area contributed by atoms with Crippen molar-refractivity contribution in [3.63, 3.8) is 0 Å². The molecule has 0 unspecified atom stereocenters. The predicted molar refractivity (Wildman–Crippen MR) is 158 cm³/mol. The monoisotopic (exact) mass is 535 g/mol. The molecule has 1 heterocycles. The van der Waals surface area contributed by atoms with E-state index in [4.69, 9.17) is 21.4 Å². The fraction of sp³-hybridized carbons (Fsp3) is 0.156. The van der Waals surface area contributed by atoms with Crippen LogP contribution in [0.1, 0.15) is 46.8 Å². The number of hydrogen-bond acceptors (Lipinski definition) is 5. The number of thiocarbonyl (C=S) groups is 1. The number of fused-ring (bicyclic) bond motifs is 1. The van der Waals surface area contributed by atoms with Crippen molar-refractivity contribution in [1.29, 1.82) is 0 Å². The quantitative estimate of drug-likeness (QED) is 0.208. The Hall–Kier alpha value is -4.49. The molecule has 5 rings (SSSR count). The number of nitrogens with zero attached hydrogens (tertiary/aromatic N) is 1. The summed E-state index contributed by atoms with van der Waals surface area (Å²) in [6.07, 6.45) is 0. The first-order chi connectivity index (χ1) is 18.9. The van der Waals surface area contributed by atoms with Crippen LogP contribution < -0.4 is 15.4 Å². The van der Waals surface area contributed by atoms with E-state index in [1.165, 1.54) is 5.56 Å². The predicted octanol–water partition coefficient (Wildman–Crippen LogP) is 7.00. The summed E-state index contributed by atoms with van der Waals surface area (Å²) in [5.74, 6) is 1.33. The highest BCUT2D eigenvalue weighted by molar-refractivity contribution is 7.80. The van der Waals surface area contributed by atoms with Gasteiger partial charge in [-0.2, -0.15) is 0 Å².